The molecule has 48 valence electrons. The summed E-state index contributed by atoms with van der Waals surface area (Å²) in [7, 11) is 0. The molecule has 0 saturated heterocycles. The van der Waals surface area contributed by atoms with Gasteiger partial charge in [-0.05, 0) is 0 Å². The van der Waals surface area contributed by atoms with Crippen LogP contribution in [0.2, 0.25) is 0 Å². The van der Waals surface area contributed by atoms with Gasteiger partial charge in [-0.1, -0.05) is 0 Å². The highest BCUT2D eigenvalue weighted by Gasteiger charge is 2.14. The third-order valence-electron chi connectivity index (χ3n) is 1.50. The summed E-state index contributed by atoms with van der Waals surface area (Å²) in [5.74, 6) is 0.295. The number of H-pyrrole nitrogens is 1. The van der Waals surface area contributed by atoms with Gasteiger partial charge in [0.05, 0.1) is 12.3 Å². The zero-order chi connectivity index (χ0) is 6.97. The van der Waals surface area contributed by atoms with Gasteiger partial charge in [0.25, 0.3) is 0 Å². The highest BCUT2D eigenvalue weighted by atomic mass is 16.3. The van der Waals surface area contributed by atoms with Crippen LogP contribution in [0.1, 0.15) is 11.3 Å². The number of nitrogens with one attached hydrogen (secondary N) is 1. The average Bonchev–Trinajstić information content (AvgIpc) is 2.34. The Hall–Kier alpha value is -1.53. The van der Waals surface area contributed by atoms with Gasteiger partial charge in [-0.3, -0.25) is 0 Å². The lowest BCUT2D eigenvalue weighted by molar-refractivity contribution is 0.475. The SMILES string of the molecule is Oc1c[nH]c2c1C=C[C+]=C2. The van der Waals surface area contributed by atoms with Crippen molar-refractivity contribution in [3.63, 3.8) is 0 Å². The Morgan fingerprint density at radius 1 is 1.50 bits per heavy atom. The molecule has 0 aliphatic heterocycles. The molecule has 0 bridgehead atoms. The summed E-state index contributed by atoms with van der Waals surface area (Å²) >= 11 is 0. The topological polar surface area (TPSA) is 36.0 Å². The number of aromatic amines is 1. The van der Waals surface area contributed by atoms with Crippen molar-refractivity contribution in [2.24, 2.45) is 0 Å². The fraction of sp³-hybridized carbons (Fsp3) is 0. The summed E-state index contributed by atoms with van der Waals surface area (Å²) < 4.78 is 0. The minimum Gasteiger partial charge on any atom is -0.504 e. The van der Waals surface area contributed by atoms with Crippen LogP contribution in [0.5, 0.6) is 5.75 Å². The number of hydrogen-bond acceptors (Lipinski definition) is 1. The van der Waals surface area contributed by atoms with Crippen LogP contribution in [0.4, 0.5) is 0 Å². The van der Waals surface area contributed by atoms with E-state index in [4.69, 9.17) is 5.11 Å². The van der Waals surface area contributed by atoms with Crippen molar-refractivity contribution in [2.75, 3.05) is 0 Å². The van der Waals surface area contributed by atoms with Gasteiger partial charge in [0.15, 0.2) is 17.0 Å². The monoisotopic (exact) mass is 132 g/mol. The zero-order valence-corrected chi connectivity index (χ0v) is 5.26. The molecular formula is C8H6NO+. The molecule has 0 radical (unpaired) electrons. The smallest absolute Gasteiger partial charge is 0.169 e. The first-order chi connectivity index (χ1) is 4.88. The van der Waals surface area contributed by atoms with Gasteiger partial charge in [0, 0.05) is 6.08 Å². The second-order valence-electron chi connectivity index (χ2n) is 2.15. The highest BCUT2D eigenvalue weighted by Crippen LogP contribution is 2.25. The first-order valence-electron chi connectivity index (χ1n) is 3.04. The molecule has 1 aliphatic rings. The van der Waals surface area contributed by atoms with Crippen molar-refractivity contribution >= 4 is 12.2 Å². The first-order valence-corrected chi connectivity index (χ1v) is 3.04. The van der Waals surface area contributed by atoms with E-state index in [-0.39, 0.29) is 0 Å². The van der Waals surface area contributed by atoms with E-state index < -0.39 is 0 Å². The van der Waals surface area contributed by atoms with Crippen molar-refractivity contribution in [3.8, 4) is 5.75 Å². The maximum absolute atomic E-state index is 9.17. The average molecular weight is 132 g/mol. The maximum atomic E-state index is 9.17. The van der Waals surface area contributed by atoms with Crippen LogP contribution >= 0.6 is 0 Å². The Labute approximate surface area is 58.5 Å². The van der Waals surface area contributed by atoms with Gasteiger partial charge in [0.2, 0.25) is 0 Å². The molecule has 0 fully saturated rings. The Morgan fingerprint density at radius 3 is 3.20 bits per heavy atom. The van der Waals surface area contributed by atoms with Crippen molar-refractivity contribution in [3.05, 3.63) is 29.6 Å². The molecule has 0 atom stereocenters. The molecule has 0 aromatic carbocycles. The molecule has 2 nitrogen and oxygen atoms in total. The van der Waals surface area contributed by atoms with Gasteiger partial charge in [-0.15, -0.1) is 0 Å². The molecule has 1 aromatic rings. The van der Waals surface area contributed by atoms with Crippen molar-refractivity contribution in [1.82, 2.24) is 4.98 Å². The summed E-state index contributed by atoms with van der Waals surface area (Å²) in [5.41, 5.74) is 1.76. The van der Waals surface area contributed by atoms with Crippen LogP contribution in [0.25, 0.3) is 12.2 Å². The lowest BCUT2D eigenvalue weighted by atomic mass is 10.1. The number of aromatic hydroxyl groups is 1. The molecule has 0 amide bonds. The Morgan fingerprint density at radius 2 is 2.40 bits per heavy atom. The second kappa shape index (κ2) is 1.72. The molecule has 0 spiro atoms. The fourth-order valence-corrected chi connectivity index (χ4v) is 0.997. The van der Waals surface area contributed by atoms with E-state index in [2.05, 4.69) is 11.1 Å². The van der Waals surface area contributed by atoms with Crippen LogP contribution in [-0.2, 0) is 0 Å². The van der Waals surface area contributed by atoms with Gasteiger partial charge >= 0.3 is 0 Å². The predicted molar refractivity (Wildman–Crippen MR) is 39.2 cm³/mol. The quantitative estimate of drug-likeness (QED) is 0.516. The summed E-state index contributed by atoms with van der Waals surface area (Å²) in [6.45, 7) is 0. The number of fused-ring (bicyclic) bond motifs is 1. The van der Waals surface area contributed by atoms with E-state index in [1.165, 1.54) is 0 Å². The normalized spacial score (nSPS) is 12.8. The standard InChI is InChI=1S/C8H5NO/c10-8-5-9-7-4-2-1-3-6(7)8/h1,3-5,9H/p+1. The first kappa shape index (κ1) is 5.27. The van der Waals surface area contributed by atoms with E-state index in [1.807, 2.05) is 6.08 Å². The summed E-state index contributed by atoms with van der Waals surface area (Å²) in [4.78, 5) is 2.91. The zero-order valence-electron chi connectivity index (χ0n) is 5.26. The summed E-state index contributed by atoms with van der Waals surface area (Å²) in [5, 5.41) is 9.17. The van der Waals surface area contributed by atoms with Crippen LogP contribution < -0.4 is 0 Å². The Balaban J connectivity index is 2.69. The highest BCUT2D eigenvalue weighted by molar-refractivity contribution is 5.71. The van der Waals surface area contributed by atoms with Crippen molar-refractivity contribution in [1.29, 1.82) is 0 Å². The van der Waals surface area contributed by atoms with E-state index >= 15 is 0 Å². The molecule has 1 aliphatic carbocycles. The second-order valence-corrected chi connectivity index (χ2v) is 2.15. The number of rotatable bonds is 0. The third kappa shape index (κ3) is 0.567. The molecule has 1 heterocycles. The summed E-state index contributed by atoms with van der Waals surface area (Å²) in [6, 6.07) is 0. The van der Waals surface area contributed by atoms with Crippen LogP contribution in [0, 0.1) is 6.08 Å². The minimum absolute atomic E-state index is 0.295. The van der Waals surface area contributed by atoms with E-state index in [1.54, 1.807) is 18.3 Å². The Kier molecular flexibility index (Phi) is 0.908. The molecule has 2 heteroatoms. The van der Waals surface area contributed by atoms with Crippen molar-refractivity contribution < 1.29 is 5.11 Å². The molecule has 2 rings (SSSR count). The number of aromatic nitrogens is 1. The van der Waals surface area contributed by atoms with Crippen molar-refractivity contribution in [2.45, 2.75) is 0 Å². The molecular weight excluding hydrogens is 126 g/mol. The molecule has 2 N–H and O–H groups in total. The largest absolute Gasteiger partial charge is 0.504 e. The molecule has 0 unspecified atom stereocenters. The van der Waals surface area contributed by atoms with Gasteiger partial charge < -0.3 is 10.1 Å². The van der Waals surface area contributed by atoms with Crippen LogP contribution in [0.15, 0.2) is 12.3 Å². The van der Waals surface area contributed by atoms with E-state index in [9.17, 15) is 0 Å². The van der Waals surface area contributed by atoms with Crippen LogP contribution in [-0.4, -0.2) is 10.1 Å². The third-order valence-corrected chi connectivity index (χ3v) is 1.50. The molecule has 0 saturated carbocycles. The Bertz CT molecular complexity index is 307. The predicted octanol–water partition coefficient (Wildman–Crippen LogP) is 1.56. The van der Waals surface area contributed by atoms with E-state index in [0.717, 1.165) is 11.3 Å². The number of allylic oxidation sites excluding steroid dienone is 2. The van der Waals surface area contributed by atoms with Crippen LogP contribution in [0.3, 0.4) is 0 Å². The fourth-order valence-electron chi connectivity index (χ4n) is 0.997. The minimum atomic E-state index is 0.295. The van der Waals surface area contributed by atoms with Gasteiger partial charge in [0.1, 0.15) is 12.2 Å². The van der Waals surface area contributed by atoms with E-state index in [0.29, 0.717) is 5.75 Å². The number of hydrogen-bond donors (Lipinski definition) is 2. The van der Waals surface area contributed by atoms with Gasteiger partial charge in [-0.25, -0.2) is 0 Å². The lowest BCUT2D eigenvalue weighted by Crippen LogP contribution is -1.78. The maximum Gasteiger partial charge on any atom is 0.169 e. The molecule has 1 aromatic heterocycles. The van der Waals surface area contributed by atoms with Gasteiger partial charge in [-0.2, -0.15) is 0 Å². The summed E-state index contributed by atoms with van der Waals surface area (Å²) in [6.07, 6.45) is 9.87. The molecule has 10 heavy (non-hydrogen) atoms. The lowest BCUT2D eigenvalue weighted by Gasteiger charge is -1.85.